The van der Waals surface area contributed by atoms with Gasteiger partial charge in [0, 0.05) is 14.2 Å². The van der Waals surface area contributed by atoms with E-state index in [2.05, 4.69) is 14.2 Å². The average molecular weight is 208 g/mol. The van der Waals surface area contributed by atoms with E-state index in [-0.39, 0.29) is 12.6 Å². The molecule has 0 aliphatic heterocycles. The van der Waals surface area contributed by atoms with E-state index in [1.807, 2.05) is 0 Å². The van der Waals surface area contributed by atoms with Gasteiger partial charge in [0.2, 0.25) is 0 Å². The molecular weight excluding hydrogens is 192 g/mol. The van der Waals surface area contributed by atoms with Gasteiger partial charge in [0.05, 0.1) is 7.11 Å². The zero-order valence-corrected chi connectivity index (χ0v) is 8.77. The smallest absolute Gasteiger partial charge is 0.332 e. The molecule has 1 atom stereocenters. The molecule has 0 aromatic rings. The fourth-order valence-corrected chi connectivity index (χ4v) is 0.278. The van der Waals surface area contributed by atoms with Crippen LogP contribution in [0.4, 0.5) is 0 Å². The van der Waals surface area contributed by atoms with Crippen molar-refractivity contribution >= 4 is 11.9 Å². The number of carboxylic acid groups (broad SMARTS) is 1. The lowest BCUT2D eigenvalue weighted by Gasteiger charge is -1.98. The Hall–Kier alpha value is -1.14. The molecule has 0 aliphatic rings. The van der Waals surface area contributed by atoms with Crippen molar-refractivity contribution in [3.63, 3.8) is 0 Å². The van der Waals surface area contributed by atoms with Crippen molar-refractivity contribution in [2.24, 2.45) is 0 Å². The summed E-state index contributed by atoms with van der Waals surface area (Å²) in [6.07, 6.45) is -0.681. The monoisotopic (exact) mass is 208 g/mol. The lowest BCUT2D eigenvalue weighted by molar-refractivity contribution is -0.147. The van der Waals surface area contributed by atoms with E-state index in [0.29, 0.717) is 0 Å². The highest BCUT2D eigenvalue weighted by Gasteiger charge is 2.06. The molecule has 1 N–H and O–H groups in total. The number of esters is 1. The van der Waals surface area contributed by atoms with Gasteiger partial charge >= 0.3 is 11.9 Å². The first-order chi connectivity index (χ1) is 6.49. The summed E-state index contributed by atoms with van der Waals surface area (Å²) in [7, 11) is 4.12. The van der Waals surface area contributed by atoms with Crippen molar-refractivity contribution in [1.82, 2.24) is 0 Å². The number of methoxy groups -OCH3 is 3. The molecular formula is C8H16O6. The number of carbonyl (C=O) groups is 2. The topological polar surface area (TPSA) is 82.1 Å². The Kier molecular flexibility index (Phi) is 10.9. The highest BCUT2D eigenvalue weighted by molar-refractivity contribution is 5.71. The standard InChI is InChI=1S/2C4H8O3/c1-6-3-4(5)7-2;1-3(7-2)4(5)6/h3H2,1-2H3;3H,1-2H3,(H,5,6). The SMILES string of the molecule is COC(C)C(=O)O.COCC(=O)OC. The van der Waals surface area contributed by atoms with Gasteiger partial charge in [0.25, 0.3) is 0 Å². The molecule has 0 aromatic heterocycles. The molecule has 6 nitrogen and oxygen atoms in total. The van der Waals surface area contributed by atoms with E-state index in [4.69, 9.17) is 5.11 Å². The third-order valence-corrected chi connectivity index (χ3v) is 1.19. The molecule has 0 aliphatic carbocycles. The average Bonchev–Trinajstić information content (AvgIpc) is 2.17. The van der Waals surface area contributed by atoms with E-state index in [1.54, 1.807) is 0 Å². The van der Waals surface area contributed by atoms with Gasteiger partial charge in [0.15, 0.2) is 6.10 Å². The van der Waals surface area contributed by atoms with Crippen LogP contribution in [-0.2, 0) is 23.8 Å². The predicted octanol–water partition coefficient (Wildman–Crippen LogP) is -0.0883. The molecule has 0 rings (SSSR count). The third kappa shape index (κ3) is 10.9. The summed E-state index contributed by atoms with van der Waals surface area (Å²) in [5.41, 5.74) is 0. The van der Waals surface area contributed by atoms with E-state index in [9.17, 15) is 9.59 Å². The largest absolute Gasteiger partial charge is 0.479 e. The summed E-state index contributed by atoms with van der Waals surface area (Å²) in [4.78, 5) is 19.9. The molecule has 1 unspecified atom stereocenters. The fourth-order valence-electron chi connectivity index (χ4n) is 0.278. The maximum atomic E-state index is 10.1. The van der Waals surface area contributed by atoms with Crippen molar-refractivity contribution < 1.29 is 28.9 Å². The maximum Gasteiger partial charge on any atom is 0.332 e. The molecule has 0 amide bonds. The Balaban J connectivity index is 0. The van der Waals surface area contributed by atoms with Crippen LogP contribution in [0, 0.1) is 0 Å². The highest BCUT2D eigenvalue weighted by Crippen LogP contribution is 1.83. The van der Waals surface area contributed by atoms with Gasteiger partial charge in [-0.1, -0.05) is 0 Å². The summed E-state index contributed by atoms with van der Waals surface area (Å²) in [6, 6.07) is 0. The van der Waals surface area contributed by atoms with Gasteiger partial charge in [-0.15, -0.1) is 0 Å². The van der Waals surface area contributed by atoms with Crippen LogP contribution in [0.2, 0.25) is 0 Å². The highest BCUT2D eigenvalue weighted by atomic mass is 16.6. The third-order valence-electron chi connectivity index (χ3n) is 1.19. The Labute approximate surface area is 82.8 Å². The number of hydrogen-bond acceptors (Lipinski definition) is 5. The number of rotatable bonds is 4. The van der Waals surface area contributed by atoms with Gasteiger partial charge in [-0.2, -0.15) is 0 Å². The van der Waals surface area contributed by atoms with Crippen LogP contribution >= 0.6 is 0 Å². The number of ether oxygens (including phenoxy) is 3. The summed E-state index contributed by atoms with van der Waals surface area (Å²) in [6.45, 7) is 1.51. The normalized spacial score (nSPS) is 10.9. The number of carbonyl (C=O) groups excluding carboxylic acids is 1. The minimum atomic E-state index is -0.928. The molecule has 0 saturated carbocycles. The summed E-state index contributed by atoms with van der Waals surface area (Å²) in [5.74, 6) is -1.27. The minimum Gasteiger partial charge on any atom is -0.479 e. The predicted molar refractivity (Wildman–Crippen MR) is 48.0 cm³/mol. The molecule has 0 bridgehead atoms. The molecule has 6 heteroatoms. The number of carboxylic acids is 1. The van der Waals surface area contributed by atoms with Crippen molar-refractivity contribution in [2.45, 2.75) is 13.0 Å². The Morgan fingerprint density at radius 3 is 1.86 bits per heavy atom. The van der Waals surface area contributed by atoms with Crippen molar-refractivity contribution in [3.05, 3.63) is 0 Å². The van der Waals surface area contributed by atoms with E-state index >= 15 is 0 Å². The lowest BCUT2D eigenvalue weighted by Crippen LogP contribution is -2.17. The van der Waals surface area contributed by atoms with Crippen LogP contribution in [0.15, 0.2) is 0 Å². The first-order valence-corrected chi connectivity index (χ1v) is 3.80. The van der Waals surface area contributed by atoms with E-state index < -0.39 is 12.1 Å². The molecule has 84 valence electrons. The number of hydrogen-bond donors (Lipinski definition) is 1. The first-order valence-electron chi connectivity index (χ1n) is 3.80. The summed E-state index contributed by atoms with van der Waals surface area (Å²) in [5, 5.41) is 8.06. The van der Waals surface area contributed by atoms with E-state index in [0.717, 1.165) is 0 Å². The zero-order valence-electron chi connectivity index (χ0n) is 8.77. The molecule has 0 radical (unpaired) electrons. The van der Waals surface area contributed by atoms with Crippen molar-refractivity contribution in [1.29, 1.82) is 0 Å². The van der Waals surface area contributed by atoms with Gasteiger partial charge in [-0.05, 0) is 6.92 Å². The zero-order chi connectivity index (χ0) is 11.6. The minimum absolute atomic E-state index is 0.0382. The molecule has 14 heavy (non-hydrogen) atoms. The first kappa shape index (κ1) is 15.3. The van der Waals surface area contributed by atoms with E-state index in [1.165, 1.54) is 28.3 Å². The summed E-state index contributed by atoms with van der Waals surface area (Å²) >= 11 is 0. The van der Waals surface area contributed by atoms with Crippen LogP contribution < -0.4 is 0 Å². The summed E-state index contributed by atoms with van der Waals surface area (Å²) < 4.78 is 13.1. The second-order valence-corrected chi connectivity index (χ2v) is 2.23. The Bertz CT molecular complexity index is 165. The maximum absolute atomic E-state index is 10.1. The second-order valence-electron chi connectivity index (χ2n) is 2.23. The van der Waals surface area contributed by atoms with Crippen LogP contribution in [0.3, 0.4) is 0 Å². The molecule has 0 fully saturated rings. The van der Waals surface area contributed by atoms with Gasteiger partial charge in [-0.3, -0.25) is 0 Å². The van der Waals surface area contributed by atoms with Gasteiger partial charge in [-0.25, -0.2) is 9.59 Å². The van der Waals surface area contributed by atoms with Crippen molar-refractivity contribution in [3.8, 4) is 0 Å². The van der Waals surface area contributed by atoms with Crippen molar-refractivity contribution in [2.75, 3.05) is 27.9 Å². The van der Waals surface area contributed by atoms with Crippen LogP contribution in [0.25, 0.3) is 0 Å². The second kappa shape index (κ2) is 9.94. The Morgan fingerprint density at radius 2 is 1.79 bits per heavy atom. The molecule has 0 spiro atoms. The van der Waals surface area contributed by atoms with Gasteiger partial charge < -0.3 is 19.3 Å². The van der Waals surface area contributed by atoms with Crippen LogP contribution in [0.1, 0.15) is 6.92 Å². The van der Waals surface area contributed by atoms with Crippen LogP contribution in [-0.4, -0.2) is 51.1 Å². The molecule has 0 heterocycles. The molecule has 0 saturated heterocycles. The molecule has 0 aromatic carbocycles. The Morgan fingerprint density at radius 1 is 1.29 bits per heavy atom. The quantitative estimate of drug-likeness (QED) is 0.650. The number of aliphatic carboxylic acids is 1. The lowest BCUT2D eigenvalue weighted by atomic mass is 10.4. The van der Waals surface area contributed by atoms with Crippen LogP contribution in [0.5, 0.6) is 0 Å². The fraction of sp³-hybridized carbons (Fsp3) is 0.750. The van der Waals surface area contributed by atoms with Gasteiger partial charge in [0.1, 0.15) is 6.61 Å².